The Kier molecular flexibility index (Phi) is 5.84. The first kappa shape index (κ1) is 22.4. The number of aromatic carboxylic acids is 1. The molecule has 2 atom stereocenters. The van der Waals surface area contributed by atoms with E-state index < -0.39 is 23.7 Å². The lowest BCUT2D eigenvalue weighted by Gasteiger charge is -2.30. The number of benzene rings is 2. The van der Waals surface area contributed by atoms with Crippen molar-refractivity contribution in [3.8, 4) is 0 Å². The van der Waals surface area contributed by atoms with Gasteiger partial charge in [-0.1, -0.05) is 30.3 Å². The van der Waals surface area contributed by atoms with Crippen LogP contribution in [0.25, 0.3) is 11.0 Å². The standard InChI is InChI=1S/C25H26N2O6/c1-25(2,3)33-24(31)27-12-11-18(15-7-5-4-6-8-15)21(27)22(28)26-17-9-10-19-16(13-17)14-20(32-19)23(29)30/h4-10,13-14,18,21H,11-12H2,1-3H3,(H,26,28)(H,29,30)/t18-,21?/m1/s1. The molecule has 1 aliphatic rings. The van der Waals surface area contributed by atoms with Gasteiger partial charge in [-0.25, -0.2) is 9.59 Å². The highest BCUT2D eigenvalue weighted by molar-refractivity contribution is 6.00. The number of hydrogen-bond acceptors (Lipinski definition) is 5. The highest BCUT2D eigenvalue weighted by Gasteiger charge is 2.44. The van der Waals surface area contributed by atoms with Crippen LogP contribution in [0.2, 0.25) is 0 Å². The molecule has 0 bridgehead atoms. The number of ether oxygens (including phenoxy) is 1. The Bertz CT molecular complexity index is 1190. The molecule has 1 saturated heterocycles. The van der Waals surface area contributed by atoms with E-state index in [4.69, 9.17) is 14.3 Å². The Morgan fingerprint density at radius 2 is 1.82 bits per heavy atom. The maximum Gasteiger partial charge on any atom is 0.410 e. The van der Waals surface area contributed by atoms with E-state index in [2.05, 4.69) is 5.32 Å². The van der Waals surface area contributed by atoms with Crippen molar-refractivity contribution in [2.75, 3.05) is 11.9 Å². The molecule has 0 radical (unpaired) electrons. The van der Waals surface area contributed by atoms with Crippen molar-refractivity contribution in [2.24, 2.45) is 0 Å². The molecule has 2 aromatic carbocycles. The SMILES string of the molecule is CC(C)(C)OC(=O)N1CC[C@H](c2ccccc2)C1C(=O)Nc1ccc2oc(C(=O)O)cc2c1. The quantitative estimate of drug-likeness (QED) is 0.587. The Labute approximate surface area is 191 Å². The van der Waals surface area contributed by atoms with Crippen LogP contribution < -0.4 is 5.32 Å². The van der Waals surface area contributed by atoms with Crippen LogP contribution in [0.15, 0.2) is 59.0 Å². The number of carbonyl (C=O) groups excluding carboxylic acids is 2. The number of nitrogens with one attached hydrogen (secondary N) is 1. The van der Waals surface area contributed by atoms with Crippen LogP contribution in [-0.4, -0.2) is 46.2 Å². The smallest absolute Gasteiger partial charge is 0.410 e. The third kappa shape index (κ3) is 4.84. The molecule has 2 heterocycles. The normalized spacial score (nSPS) is 18.3. The van der Waals surface area contributed by atoms with E-state index in [1.165, 1.54) is 11.0 Å². The maximum atomic E-state index is 13.5. The first-order valence-corrected chi connectivity index (χ1v) is 10.7. The number of amides is 2. The molecule has 172 valence electrons. The van der Waals surface area contributed by atoms with Crippen molar-refractivity contribution in [1.82, 2.24) is 4.90 Å². The third-order valence-electron chi connectivity index (χ3n) is 5.52. The molecule has 8 heteroatoms. The van der Waals surface area contributed by atoms with Crippen LogP contribution in [0.1, 0.15) is 49.2 Å². The average molecular weight is 450 g/mol. The van der Waals surface area contributed by atoms with Gasteiger partial charge in [0.2, 0.25) is 11.7 Å². The summed E-state index contributed by atoms with van der Waals surface area (Å²) in [6.07, 6.45) is 0.0989. The van der Waals surface area contributed by atoms with Crippen molar-refractivity contribution >= 4 is 34.6 Å². The largest absolute Gasteiger partial charge is 0.475 e. The fourth-order valence-corrected chi connectivity index (χ4v) is 4.13. The van der Waals surface area contributed by atoms with Gasteiger partial charge >= 0.3 is 12.1 Å². The minimum absolute atomic E-state index is 0.176. The number of hydrogen-bond donors (Lipinski definition) is 2. The third-order valence-corrected chi connectivity index (χ3v) is 5.52. The monoisotopic (exact) mass is 450 g/mol. The Balaban J connectivity index is 1.62. The molecule has 0 saturated carbocycles. The average Bonchev–Trinajstić information content (AvgIpc) is 3.37. The summed E-state index contributed by atoms with van der Waals surface area (Å²) in [5, 5.41) is 12.6. The minimum Gasteiger partial charge on any atom is -0.475 e. The Morgan fingerprint density at radius 3 is 2.48 bits per heavy atom. The van der Waals surface area contributed by atoms with Gasteiger partial charge in [-0.05, 0) is 57.0 Å². The molecular weight excluding hydrogens is 424 g/mol. The summed E-state index contributed by atoms with van der Waals surface area (Å²) in [4.78, 5) is 39.0. The summed E-state index contributed by atoms with van der Waals surface area (Å²) in [5.41, 5.74) is 1.17. The van der Waals surface area contributed by atoms with Crippen molar-refractivity contribution in [2.45, 2.75) is 44.8 Å². The number of likely N-dealkylation sites (tertiary alicyclic amines) is 1. The van der Waals surface area contributed by atoms with Gasteiger partial charge in [0.25, 0.3) is 0 Å². The number of anilines is 1. The number of carboxylic acids is 1. The summed E-state index contributed by atoms with van der Waals surface area (Å²) in [7, 11) is 0. The summed E-state index contributed by atoms with van der Waals surface area (Å²) >= 11 is 0. The second kappa shape index (κ2) is 8.61. The predicted molar refractivity (Wildman–Crippen MR) is 122 cm³/mol. The highest BCUT2D eigenvalue weighted by Crippen LogP contribution is 2.35. The Hall–Kier alpha value is -3.81. The molecule has 1 fully saturated rings. The maximum absolute atomic E-state index is 13.5. The van der Waals surface area contributed by atoms with Crippen LogP contribution in [0.3, 0.4) is 0 Å². The number of fused-ring (bicyclic) bond motifs is 1. The van der Waals surface area contributed by atoms with Crippen molar-refractivity contribution < 1.29 is 28.6 Å². The lowest BCUT2D eigenvalue weighted by molar-refractivity contribution is -0.120. The molecular formula is C25H26N2O6. The van der Waals surface area contributed by atoms with Crippen molar-refractivity contribution in [1.29, 1.82) is 0 Å². The van der Waals surface area contributed by atoms with Crippen molar-refractivity contribution in [3.05, 3.63) is 65.9 Å². The molecule has 0 aliphatic carbocycles. The number of nitrogens with zero attached hydrogens (tertiary/aromatic N) is 1. The molecule has 1 aliphatic heterocycles. The van der Waals surface area contributed by atoms with Crippen LogP contribution in [0, 0.1) is 0 Å². The zero-order chi connectivity index (χ0) is 23.8. The van der Waals surface area contributed by atoms with E-state index in [1.54, 1.807) is 39.0 Å². The van der Waals surface area contributed by atoms with Crippen LogP contribution in [-0.2, 0) is 9.53 Å². The van der Waals surface area contributed by atoms with E-state index in [-0.39, 0.29) is 17.6 Å². The lowest BCUT2D eigenvalue weighted by atomic mass is 9.91. The van der Waals surface area contributed by atoms with E-state index >= 15 is 0 Å². The summed E-state index contributed by atoms with van der Waals surface area (Å²) in [6, 6.07) is 15.2. The molecule has 2 N–H and O–H groups in total. The molecule has 8 nitrogen and oxygen atoms in total. The molecule has 33 heavy (non-hydrogen) atoms. The van der Waals surface area contributed by atoms with Crippen LogP contribution >= 0.6 is 0 Å². The fraction of sp³-hybridized carbons (Fsp3) is 0.320. The molecule has 1 aromatic heterocycles. The molecule has 3 aromatic rings. The van der Waals surface area contributed by atoms with E-state index in [9.17, 15) is 14.4 Å². The number of furan rings is 1. The van der Waals surface area contributed by atoms with Gasteiger partial charge in [0.1, 0.15) is 17.2 Å². The van der Waals surface area contributed by atoms with E-state index in [0.29, 0.717) is 29.6 Å². The number of carboxylic acid groups (broad SMARTS) is 1. The molecule has 2 amide bonds. The van der Waals surface area contributed by atoms with Gasteiger partial charge in [0.15, 0.2) is 0 Å². The second-order valence-electron chi connectivity index (χ2n) is 9.08. The van der Waals surface area contributed by atoms with Gasteiger partial charge in [-0.2, -0.15) is 0 Å². The van der Waals surface area contributed by atoms with Gasteiger partial charge < -0.3 is 19.6 Å². The summed E-state index contributed by atoms with van der Waals surface area (Å²) in [5.74, 6) is -1.87. The first-order chi connectivity index (χ1) is 15.6. The van der Waals surface area contributed by atoms with E-state index in [1.807, 2.05) is 30.3 Å². The molecule has 0 spiro atoms. The minimum atomic E-state index is -1.17. The zero-order valence-electron chi connectivity index (χ0n) is 18.7. The van der Waals surface area contributed by atoms with Crippen molar-refractivity contribution in [3.63, 3.8) is 0 Å². The lowest BCUT2D eigenvalue weighted by Crippen LogP contribution is -2.47. The van der Waals surface area contributed by atoms with Gasteiger partial charge in [-0.15, -0.1) is 0 Å². The van der Waals surface area contributed by atoms with Crippen LogP contribution in [0.4, 0.5) is 10.5 Å². The molecule has 1 unspecified atom stereocenters. The van der Waals surface area contributed by atoms with Crippen LogP contribution in [0.5, 0.6) is 0 Å². The van der Waals surface area contributed by atoms with E-state index in [0.717, 1.165) is 5.56 Å². The number of carbonyl (C=O) groups is 3. The fourth-order valence-electron chi connectivity index (χ4n) is 4.13. The number of rotatable bonds is 4. The first-order valence-electron chi connectivity index (χ1n) is 10.7. The van der Waals surface area contributed by atoms with Gasteiger partial charge in [-0.3, -0.25) is 9.69 Å². The topological polar surface area (TPSA) is 109 Å². The highest BCUT2D eigenvalue weighted by atomic mass is 16.6. The predicted octanol–water partition coefficient (Wildman–Crippen LogP) is 4.86. The molecule has 4 rings (SSSR count). The van der Waals surface area contributed by atoms with Gasteiger partial charge in [0.05, 0.1) is 0 Å². The zero-order valence-corrected chi connectivity index (χ0v) is 18.7. The second-order valence-corrected chi connectivity index (χ2v) is 9.08. The Morgan fingerprint density at radius 1 is 1.09 bits per heavy atom. The summed E-state index contributed by atoms with van der Waals surface area (Å²) < 4.78 is 10.8. The summed E-state index contributed by atoms with van der Waals surface area (Å²) in [6.45, 7) is 5.76. The van der Waals surface area contributed by atoms with Gasteiger partial charge in [0, 0.05) is 23.5 Å².